The van der Waals surface area contributed by atoms with Gasteiger partial charge in [0.15, 0.2) is 0 Å². The molecule has 2 aromatic carbocycles. The number of aryl methyl sites for hydroxylation is 1. The summed E-state index contributed by atoms with van der Waals surface area (Å²) in [6, 6.07) is 13.3. The molecule has 29 heavy (non-hydrogen) atoms. The Balaban J connectivity index is 1.82. The van der Waals surface area contributed by atoms with Gasteiger partial charge in [0.25, 0.3) is 0 Å². The zero-order valence-electron chi connectivity index (χ0n) is 17.1. The number of likely N-dealkylation sites (N-methyl/N-ethyl adjacent to an activating group) is 1. The zero-order valence-corrected chi connectivity index (χ0v) is 17.1. The predicted molar refractivity (Wildman–Crippen MR) is 115 cm³/mol. The van der Waals surface area contributed by atoms with Gasteiger partial charge in [-0.3, -0.25) is 4.79 Å². The Bertz CT molecular complexity index is 1060. The van der Waals surface area contributed by atoms with Crippen LogP contribution in [-0.4, -0.2) is 35.4 Å². The van der Waals surface area contributed by atoms with Gasteiger partial charge < -0.3 is 15.2 Å². The molecule has 1 aliphatic heterocycles. The van der Waals surface area contributed by atoms with Gasteiger partial charge in [-0.05, 0) is 43.3 Å². The summed E-state index contributed by atoms with van der Waals surface area (Å²) >= 11 is 0. The minimum atomic E-state index is -0.261. The molecule has 4 nitrogen and oxygen atoms in total. The average Bonchev–Trinajstić information content (AvgIpc) is 3.00. The molecule has 0 saturated carbocycles. The molecule has 1 unspecified atom stereocenters. The molecule has 0 saturated heterocycles. The van der Waals surface area contributed by atoms with Crippen molar-refractivity contribution in [3.05, 3.63) is 70.7 Å². The molecular formula is C24H28FN3O. The Morgan fingerprint density at radius 1 is 1.24 bits per heavy atom. The van der Waals surface area contributed by atoms with Crippen LogP contribution in [0.15, 0.2) is 42.5 Å². The molecule has 0 radical (unpaired) electrons. The smallest absolute Gasteiger partial charge is 0.147 e. The van der Waals surface area contributed by atoms with E-state index < -0.39 is 0 Å². The molecular weight excluding hydrogens is 365 g/mol. The number of carbonyl (C=O) groups excluding carboxylic acids is 1. The summed E-state index contributed by atoms with van der Waals surface area (Å²) in [4.78, 5) is 14.5. The molecule has 1 aliphatic rings. The Labute approximate surface area is 171 Å². The van der Waals surface area contributed by atoms with E-state index in [1.54, 1.807) is 12.1 Å². The molecule has 0 aliphatic carbocycles. The second-order valence-corrected chi connectivity index (χ2v) is 8.21. The van der Waals surface area contributed by atoms with Crippen LogP contribution in [0.2, 0.25) is 0 Å². The first-order valence-electron chi connectivity index (χ1n) is 10.2. The van der Waals surface area contributed by atoms with Crippen LogP contribution >= 0.6 is 0 Å². The second-order valence-electron chi connectivity index (χ2n) is 8.21. The van der Waals surface area contributed by atoms with Crippen molar-refractivity contribution in [2.24, 2.45) is 5.73 Å². The summed E-state index contributed by atoms with van der Waals surface area (Å²) in [6.45, 7) is 4.57. The Kier molecular flexibility index (Phi) is 5.52. The van der Waals surface area contributed by atoms with Crippen molar-refractivity contribution in [2.75, 3.05) is 20.1 Å². The molecule has 1 atom stereocenters. The molecule has 1 aromatic heterocycles. The lowest BCUT2D eigenvalue weighted by Gasteiger charge is -2.26. The highest BCUT2D eigenvalue weighted by molar-refractivity contribution is 5.86. The highest BCUT2D eigenvalue weighted by atomic mass is 19.1. The van der Waals surface area contributed by atoms with E-state index in [0.717, 1.165) is 25.0 Å². The van der Waals surface area contributed by atoms with Crippen LogP contribution in [0.5, 0.6) is 0 Å². The van der Waals surface area contributed by atoms with E-state index in [1.807, 2.05) is 6.07 Å². The van der Waals surface area contributed by atoms with Crippen molar-refractivity contribution in [2.45, 2.75) is 38.8 Å². The summed E-state index contributed by atoms with van der Waals surface area (Å²) in [6.07, 6.45) is 1.20. The van der Waals surface area contributed by atoms with E-state index in [4.69, 9.17) is 5.73 Å². The van der Waals surface area contributed by atoms with Crippen LogP contribution in [0.25, 0.3) is 10.9 Å². The van der Waals surface area contributed by atoms with Crippen molar-refractivity contribution in [3.8, 4) is 0 Å². The molecule has 2 heterocycles. The first-order valence-corrected chi connectivity index (χ1v) is 10.2. The molecule has 5 heteroatoms. The van der Waals surface area contributed by atoms with Crippen LogP contribution in [-0.2, 0) is 24.3 Å². The summed E-state index contributed by atoms with van der Waals surface area (Å²) in [5.74, 6) is -0.546. The van der Waals surface area contributed by atoms with Gasteiger partial charge in [0.1, 0.15) is 11.6 Å². The highest BCUT2D eigenvalue weighted by Crippen LogP contribution is 2.34. The van der Waals surface area contributed by atoms with E-state index in [0.29, 0.717) is 12.1 Å². The van der Waals surface area contributed by atoms with Gasteiger partial charge >= 0.3 is 0 Å². The van der Waals surface area contributed by atoms with Crippen LogP contribution in [0.4, 0.5) is 4.39 Å². The second kappa shape index (κ2) is 8.09. The summed E-state index contributed by atoms with van der Waals surface area (Å²) in [5.41, 5.74) is 11.2. The largest absolute Gasteiger partial charge is 0.344 e. The third-order valence-corrected chi connectivity index (χ3v) is 6.05. The SMILES string of the molecule is Cc1ccc2c(c1)c1c(n2CC(CC(=O)CN)c2ccccc2F)CCN(C)C1. The fourth-order valence-corrected chi connectivity index (χ4v) is 4.56. The Morgan fingerprint density at radius 2 is 2.03 bits per heavy atom. The van der Waals surface area contributed by atoms with E-state index in [2.05, 4.69) is 41.6 Å². The summed E-state index contributed by atoms with van der Waals surface area (Å²) < 4.78 is 16.9. The first kappa shape index (κ1) is 19.8. The lowest BCUT2D eigenvalue weighted by Crippen LogP contribution is -2.28. The average molecular weight is 394 g/mol. The number of aromatic nitrogens is 1. The third kappa shape index (κ3) is 3.85. The van der Waals surface area contributed by atoms with E-state index in [1.165, 1.54) is 28.3 Å². The maximum Gasteiger partial charge on any atom is 0.147 e. The van der Waals surface area contributed by atoms with Gasteiger partial charge in [-0.25, -0.2) is 4.39 Å². The first-order chi connectivity index (χ1) is 14.0. The number of benzene rings is 2. The molecule has 0 bridgehead atoms. The minimum Gasteiger partial charge on any atom is -0.344 e. The molecule has 4 rings (SSSR count). The molecule has 0 fully saturated rings. The van der Waals surface area contributed by atoms with Crippen LogP contribution in [0.3, 0.4) is 0 Å². The standard InChI is InChI=1S/C24H28FN3O/c1-16-7-8-23-20(11-16)21-15-27(2)10-9-24(21)28(23)14-17(12-18(29)13-26)19-5-3-4-6-22(19)25/h3-8,11,17H,9-10,12-15,26H2,1-2H3. The fourth-order valence-electron chi connectivity index (χ4n) is 4.56. The zero-order chi connectivity index (χ0) is 20.5. The monoisotopic (exact) mass is 393 g/mol. The molecule has 152 valence electrons. The number of fused-ring (bicyclic) bond motifs is 3. The summed E-state index contributed by atoms with van der Waals surface area (Å²) in [7, 11) is 2.14. The van der Waals surface area contributed by atoms with Crippen molar-refractivity contribution in [1.29, 1.82) is 0 Å². The minimum absolute atomic E-state index is 0.0144. The maximum absolute atomic E-state index is 14.6. The van der Waals surface area contributed by atoms with Gasteiger partial charge in [-0.2, -0.15) is 0 Å². The van der Waals surface area contributed by atoms with E-state index in [9.17, 15) is 9.18 Å². The summed E-state index contributed by atoms with van der Waals surface area (Å²) in [5, 5.41) is 1.27. The Morgan fingerprint density at radius 3 is 2.79 bits per heavy atom. The number of nitrogens with zero attached hydrogens (tertiary/aromatic N) is 2. The normalized spacial score (nSPS) is 15.4. The molecule has 0 spiro atoms. The number of rotatable bonds is 6. The number of carbonyl (C=O) groups is 1. The van der Waals surface area contributed by atoms with Gasteiger partial charge in [-0.1, -0.05) is 29.8 Å². The lowest BCUT2D eigenvalue weighted by molar-refractivity contribution is -0.118. The third-order valence-electron chi connectivity index (χ3n) is 6.05. The van der Waals surface area contributed by atoms with Gasteiger partial charge in [0, 0.05) is 55.0 Å². The molecule has 3 aromatic rings. The van der Waals surface area contributed by atoms with Gasteiger partial charge in [0.05, 0.1) is 6.54 Å². The lowest BCUT2D eigenvalue weighted by atomic mass is 9.92. The van der Waals surface area contributed by atoms with Crippen molar-refractivity contribution in [3.63, 3.8) is 0 Å². The van der Waals surface area contributed by atoms with Crippen molar-refractivity contribution in [1.82, 2.24) is 9.47 Å². The van der Waals surface area contributed by atoms with Gasteiger partial charge in [0.2, 0.25) is 0 Å². The number of hydrogen-bond donors (Lipinski definition) is 1. The highest BCUT2D eigenvalue weighted by Gasteiger charge is 2.26. The van der Waals surface area contributed by atoms with Crippen molar-refractivity contribution >= 4 is 16.7 Å². The number of Topliss-reactive ketones (excluding diaryl/α,β-unsaturated/α-hetero) is 1. The predicted octanol–water partition coefficient (Wildman–Crippen LogP) is 3.78. The van der Waals surface area contributed by atoms with Crippen LogP contribution < -0.4 is 5.73 Å². The Hall–Kier alpha value is -2.50. The van der Waals surface area contributed by atoms with Crippen LogP contribution in [0, 0.1) is 12.7 Å². The molecule has 0 amide bonds. The van der Waals surface area contributed by atoms with Crippen LogP contribution in [0.1, 0.15) is 34.7 Å². The topological polar surface area (TPSA) is 51.3 Å². The van der Waals surface area contributed by atoms with E-state index in [-0.39, 0.29) is 30.5 Å². The number of nitrogens with two attached hydrogens (primary N) is 1. The number of hydrogen-bond acceptors (Lipinski definition) is 3. The maximum atomic E-state index is 14.6. The van der Waals surface area contributed by atoms with Crippen molar-refractivity contribution < 1.29 is 9.18 Å². The number of halogens is 1. The molecule has 2 N–H and O–H groups in total. The quantitative estimate of drug-likeness (QED) is 0.693. The van der Waals surface area contributed by atoms with E-state index >= 15 is 0 Å². The number of ketones is 1. The fraction of sp³-hybridized carbons (Fsp3) is 0.375. The van der Waals surface area contributed by atoms with Gasteiger partial charge in [-0.15, -0.1) is 0 Å².